The smallest absolute Gasteiger partial charge is 0.0534 e. The Labute approximate surface area is 84.7 Å². The lowest BCUT2D eigenvalue weighted by molar-refractivity contribution is 0.385. The van der Waals surface area contributed by atoms with Gasteiger partial charge in [-0.1, -0.05) is 0 Å². The van der Waals surface area contributed by atoms with Crippen LogP contribution in [0.2, 0.25) is 0 Å². The van der Waals surface area contributed by atoms with Crippen LogP contribution in [0.3, 0.4) is 0 Å². The van der Waals surface area contributed by atoms with E-state index in [4.69, 9.17) is 0 Å². The maximum absolute atomic E-state index is 4.15. The number of aromatic nitrogens is 2. The Morgan fingerprint density at radius 3 is 3.14 bits per heavy atom. The third kappa shape index (κ3) is 2.13. The molecule has 0 bridgehead atoms. The molecule has 1 aliphatic heterocycles. The highest BCUT2D eigenvalue weighted by atomic mass is 15.2. The number of hydrogen-bond acceptors (Lipinski definition) is 3. The first-order valence-corrected chi connectivity index (χ1v) is 5.11. The standard InChI is InChI=1S/C10H18N4/c1-10(3-4-11-8-10)12-5-9-6-13-14(2)7-9/h6-7,11-12H,3-5,8H2,1-2H3. The van der Waals surface area contributed by atoms with Crippen molar-refractivity contribution in [3.8, 4) is 0 Å². The molecular formula is C10H18N4. The zero-order chi connectivity index (χ0) is 10.0. The second kappa shape index (κ2) is 3.71. The summed E-state index contributed by atoms with van der Waals surface area (Å²) in [5, 5.41) is 11.1. The summed E-state index contributed by atoms with van der Waals surface area (Å²) in [5.41, 5.74) is 1.51. The molecule has 0 radical (unpaired) electrons. The van der Waals surface area contributed by atoms with Gasteiger partial charge in [0.05, 0.1) is 6.20 Å². The van der Waals surface area contributed by atoms with E-state index in [1.807, 2.05) is 17.9 Å². The Kier molecular flexibility index (Phi) is 2.56. The largest absolute Gasteiger partial charge is 0.315 e. The molecule has 0 aromatic carbocycles. The fourth-order valence-corrected chi connectivity index (χ4v) is 1.85. The summed E-state index contributed by atoms with van der Waals surface area (Å²) in [7, 11) is 1.95. The van der Waals surface area contributed by atoms with Crippen molar-refractivity contribution in [2.45, 2.75) is 25.4 Å². The second-order valence-corrected chi connectivity index (χ2v) is 4.36. The fraction of sp³-hybridized carbons (Fsp3) is 0.700. The Morgan fingerprint density at radius 2 is 2.57 bits per heavy atom. The lowest BCUT2D eigenvalue weighted by Gasteiger charge is -2.24. The maximum Gasteiger partial charge on any atom is 0.0534 e. The van der Waals surface area contributed by atoms with Crippen LogP contribution < -0.4 is 10.6 Å². The van der Waals surface area contributed by atoms with Crippen LogP contribution in [0.5, 0.6) is 0 Å². The Bertz CT molecular complexity index is 299. The molecule has 1 aromatic rings. The summed E-state index contributed by atoms with van der Waals surface area (Å²) in [6.07, 6.45) is 5.17. The molecule has 0 amide bonds. The van der Waals surface area contributed by atoms with Crippen LogP contribution in [0.4, 0.5) is 0 Å². The summed E-state index contributed by atoms with van der Waals surface area (Å²) in [5.74, 6) is 0. The van der Waals surface area contributed by atoms with Crippen molar-refractivity contribution in [1.82, 2.24) is 20.4 Å². The molecule has 2 N–H and O–H groups in total. The van der Waals surface area contributed by atoms with Gasteiger partial charge in [-0.25, -0.2) is 0 Å². The van der Waals surface area contributed by atoms with Gasteiger partial charge in [0.15, 0.2) is 0 Å². The summed E-state index contributed by atoms with van der Waals surface area (Å²) < 4.78 is 1.84. The van der Waals surface area contributed by atoms with Crippen LogP contribution in [-0.4, -0.2) is 28.4 Å². The van der Waals surface area contributed by atoms with E-state index >= 15 is 0 Å². The van der Waals surface area contributed by atoms with E-state index in [1.165, 1.54) is 12.0 Å². The van der Waals surface area contributed by atoms with Gasteiger partial charge in [0, 0.05) is 37.4 Å². The third-order valence-electron chi connectivity index (χ3n) is 2.85. The topological polar surface area (TPSA) is 41.9 Å². The van der Waals surface area contributed by atoms with Crippen LogP contribution in [0, 0.1) is 0 Å². The van der Waals surface area contributed by atoms with Crippen molar-refractivity contribution in [2.75, 3.05) is 13.1 Å². The van der Waals surface area contributed by atoms with E-state index in [-0.39, 0.29) is 5.54 Å². The first-order chi connectivity index (χ1) is 6.68. The molecule has 1 saturated heterocycles. The molecule has 1 atom stereocenters. The minimum atomic E-state index is 0.260. The van der Waals surface area contributed by atoms with Crippen LogP contribution in [0.1, 0.15) is 18.9 Å². The first-order valence-electron chi connectivity index (χ1n) is 5.11. The predicted molar refractivity (Wildman–Crippen MR) is 55.9 cm³/mol. The van der Waals surface area contributed by atoms with Crippen LogP contribution >= 0.6 is 0 Å². The van der Waals surface area contributed by atoms with Gasteiger partial charge in [0.1, 0.15) is 0 Å². The van der Waals surface area contributed by atoms with Gasteiger partial charge in [-0.05, 0) is 19.9 Å². The number of hydrogen-bond donors (Lipinski definition) is 2. The number of aryl methyl sites for hydroxylation is 1. The van der Waals surface area contributed by atoms with Crippen molar-refractivity contribution >= 4 is 0 Å². The molecule has 0 saturated carbocycles. The van der Waals surface area contributed by atoms with E-state index in [9.17, 15) is 0 Å². The molecule has 78 valence electrons. The summed E-state index contributed by atoms with van der Waals surface area (Å²) in [6, 6.07) is 0. The van der Waals surface area contributed by atoms with Crippen LogP contribution in [0.15, 0.2) is 12.4 Å². The lowest BCUT2D eigenvalue weighted by Crippen LogP contribution is -2.43. The second-order valence-electron chi connectivity index (χ2n) is 4.36. The summed E-state index contributed by atoms with van der Waals surface area (Å²) in [6.45, 7) is 5.36. The minimum absolute atomic E-state index is 0.260. The van der Waals surface area contributed by atoms with Crippen LogP contribution in [0.25, 0.3) is 0 Å². The maximum atomic E-state index is 4.15. The highest BCUT2D eigenvalue weighted by Crippen LogP contribution is 2.13. The molecule has 1 aliphatic rings. The van der Waals surface area contributed by atoms with Gasteiger partial charge in [0.2, 0.25) is 0 Å². The minimum Gasteiger partial charge on any atom is -0.315 e. The molecule has 4 heteroatoms. The molecule has 1 fully saturated rings. The number of nitrogens with one attached hydrogen (secondary N) is 2. The fourth-order valence-electron chi connectivity index (χ4n) is 1.85. The SMILES string of the molecule is Cn1cc(CNC2(C)CCNC2)cn1. The quantitative estimate of drug-likeness (QED) is 0.725. The number of nitrogens with zero attached hydrogens (tertiary/aromatic N) is 2. The zero-order valence-corrected chi connectivity index (χ0v) is 8.88. The van der Waals surface area contributed by atoms with Crippen molar-refractivity contribution < 1.29 is 0 Å². The Morgan fingerprint density at radius 1 is 1.71 bits per heavy atom. The normalized spacial score (nSPS) is 27.0. The van der Waals surface area contributed by atoms with E-state index in [2.05, 4.69) is 28.9 Å². The van der Waals surface area contributed by atoms with Gasteiger partial charge in [-0.2, -0.15) is 5.10 Å². The van der Waals surface area contributed by atoms with Gasteiger partial charge < -0.3 is 10.6 Å². The zero-order valence-electron chi connectivity index (χ0n) is 8.88. The average molecular weight is 194 g/mol. The van der Waals surface area contributed by atoms with Crippen molar-refractivity contribution in [1.29, 1.82) is 0 Å². The molecule has 0 aliphatic carbocycles. The van der Waals surface area contributed by atoms with Crippen molar-refractivity contribution in [2.24, 2.45) is 7.05 Å². The van der Waals surface area contributed by atoms with E-state index in [1.54, 1.807) is 0 Å². The van der Waals surface area contributed by atoms with Gasteiger partial charge in [-0.3, -0.25) is 4.68 Å². The predicted octanol–water partition coefficient (Wildman–Crippen LogP) is 0.262. The molecule has 2 rings (SSSR count). The van der Waals surface area contributed by atoms with Crippen molar-refractivity contribution in [3.63, 3.8) is 0 Å². The van der Waals surface area contributed by atoms with E-state index < -0.39 is 0 Å². The Hall–Kier alpha value is -0.870. The van der Waals surface area contributed by atoms with E-state index in [0.29, 0.717) is 0 Å². The summed E-state index contributed by atoms with van der Waals surface area (Å²) >= 11 is 0. The third-order valence-corrected chi connectivity index (χ3v) is 2.85. The van der Waals surface area contributed by atoms with Crippen molar-refractivity contribution in [3.05, 3.63) is 18.0 Å². The summed E-state index contributed by atoms with van der Waals surface area (Å²) in [4.78, 5) is 0. The molecule has 0 spiro atoms. The van der Waals surface area contributed by atoms with E-state index in [0.717, 1.165) is 19.6 Å². The molecule has 2 heterocycles. The average Bonchev–Trinajstić information content (AvgIpc) is 2.73. The van der Waals surface area contributed by atoms with Crippen LogP contribution in [-0.2, 0) is 13.6 Å². The highest BCUT2D eigenvalue weighted by Gasteiger charge is 2.27. The molecule has 1 unspecified atom stereocenters. The molecule has 4 nitrogen and oxygen atoms in total. The highest BCUT2D eigenvalue weighted by molar-refractivity contribution is 5.05. The van der Waals surface area contributed by atoms with Gasteiger partial charge in [-0.15, -0.1) is 0 Å². The molecule has 14 heavy (non-hydrogen) atoms. The van der Waals surface area contributed by atoms with Gasteiger partial charge in [0.25, 0.3) is 0 Å². The monoisotopic (exact) mass is 194 g/mol. The molecular weight excluding hydrogens is 176 g/mol. The number of rotatable bonds is 3. The lowest BCUT2D eigenvalue weighted by atomic mass is 10.0. The molecule has 1 aromatic heterocycles. The van der Waals surface area contributed by atoms with Gasteiger partial charge >= 0.3 is 0 Å². The first kappa shape index (κ1) is 9.68. The Balaban J connectivity index is 1.87.